The summed E-state index contributed by atoms with van der Waals surface area (Å²) in [5.74, 6) is -4.35. The summed E-state index contributed by atoms with van der Waals surface area (Å²) in [6.45, 7) is -0.578. The third-order valence-electron chi connectivity index (χ3n) is 5.24. The van der Waals surface area contributed by atoms with Gasteiger partial charge in [0, 0.05) is 27.3 Å². The van der Waals surface area contributed by atoms with Crippen LogP contribution in [0.1, 0.15) is 11.7 Å². The lowest BCUT2D eigenvalue weighted by Gasteiger charge is -2.42. The van der Waals surface area contributed by atoms with Crippen molar-refractivity contribution < 1.29 is 33.2 Å². The fourth-order valence-corrected chi connectivity index (χ4v) is 5.21. The first-order valence-electron chi connectivity index (χ1n) is 9.77. The lowest BCUT2D eigenvalue weighted by atomic mass is 9.97. The number of hydrogen-bond acceptors (Lipinski definition) is 8. The second-order valence-corrected chi connectivity index (χ2v) is 9.45. The Morgan fingerprint density at radius 3 is 2.47 bits per heavy atom. The number of nitriles is 1. The fraction of sp³-hybridized carbons (Fsp3) is 0.286. The average Bonchev–Trinajstić information content (AvgIpc) is 3.29. The van der Waals surface area contributed by atoms with Crippen molar-refractivity contribution in [2.75, 3.05) is 6.61 Å². The molecule has 0 aliphatic carbocycles. The van der Waals surface area contributed by atoms with E-state index < -0.39 is 53.8 Å². The SMILES string of the molecule is N#Cc1ncc(Br)cc1S[C@H]1O[C@H](CO)[C@H](O)[C@H](n2cc(-c3cc(F)c(F)c(F)c3)cn2)[C@H]1O. The molecule has 0 amide bonds. The van der Waals surface area contributed by atoms with Gasteiger partial charge in [-0.25, -0.2) is 18.2 Å². The number of pyridine rings is 1. The van der Waals surface area contributed by atoms with Gasteiger partial charge in [-0.3, -0.25) is 4.68 Å². The topological polar surface area (TPSA) is 124 Å². The quantitative estimate of drug-likeness (QED) is 0.410. The molecule has 8 nitrogen and oxygen atoms in total. The van der Waals surface area contributed by atoms with Crippen LogP contribution in [0.25, 0.3) is 11.1 Å². The number of aliphatic hydroxyl groups excluding tert-OH is 3. The lowest BCUT2D eigenvalue weighted by Crippen LogP contribution is -2.55. The Balaban J connectivity index is 1.66. The van der Waals surface area contributed by atoms with Gasteiger partial charge in [-0.05, 0) is 39.7 Å². The Labute approximate surface area is 203 Å². The molecule has 3 aromatic rings. The molecule has 4 rings (SSSR count). The third-order valence-corrected chi connectivity index (χ3v) is 6.86. The van der Waals surface area contributed by atoms with Crippen molar-refractivity contribution in [1.29, 1.82) is 5.26 Å². The molecule has 0 radical (unpaired) electrons. The van der Waals surface area contributed by atoms with Gasteiger partial charge in [0.2, 0.25) is 0 Å². The van der Waals surface area contributed by atoms with Crippen LogP contribution in [0.2, 0.25) is 0 Å². The molecule has 1 saturated heterocycles. The van der Waals surface area contributed by atoms with Gasteiger partial charge in [0.1, 0.15) is 35.9 Å². The molecule has 1 fully saturated rings. The zero-order valence-corrected chi connectivity index (χ0v) is 19.4. The largest absolute Gasteiger partial charge is 0.394 e. The predicted octanol–water partition coefficient (Wildman–Crippen LogP) is 2.77. The molecule has 1 aliphatic heterocycles. The first-order chi connectivity index (χ1) is 16.2. The summed E-state index contributed by atoms with van der Waals surface area (Å²) in [6.07, 6.45) is 0.112. The number of benzene rings is 1. The van der Waals surface area contributed by atoms with Gasteiger partial charge in [0.25, 0.3) is 0 Å². The van der Waals surface area contributed by atoms with Crippen LogP contribution in [-0.2, 0) is 4.74 Å². The number of halogens is 4. The van der Waals surface area contributed by atoms with Crippen molar-refractivity contribution in [1.82, 2.24) is 14.8 Å². The van der Waals surface area contributed by atoms with Crippen LogP contribution in [0.5, 0.6) is 0 Å². The second-order valence-electron chi connectivity index (χ2n) is 7.39. The summed E-state index contributed by atoms with van der Waals surface area (Å²) < 4.78 is 48.1. The van der Waals surface area contributed by atoms with E-state index in [1.807, 2.05) is 6.07 Å². The summed E-state index contributed by atoms with van der Waals surface area (Å²) in [5, 5.41) is 44.9. The fourth-order valence-electron chi connectivity index (χ4n) is 3.57. The van der Waals surface area contributed by atoms with Gasteiger partial charge in [0.05, 0.1) is 12.8 Å². The van der Waals surface area contributed by atoms with Gasteiger partial charge in [-0.1, -0.05) is 11.8 Å². The van der Waals surface area contributed by atoms with Crippen molar-refractivity contribution in [2.45, 2.75) is 34.7 Å². The van der Waals surface area contributed by atoms with Crippen LogP contribution in [0.4, 0.5) is 13.2 Å². The van der Waals surface area contributed by atoms with E-state index in [4.69, 9.17) is 4.74 Å². The molecule has 0 saturated carbocycles. The second kappa shape index (κ2) is 10.0. The zero-order valence-electron chi connectivity index (χ0n) is 17.0. The monoisotopic (exact) mass is 556 g/mol. The molecule has 13 heteroatoms. The van der Waals surface area contributed by atoms with E-state index in [0.717, 1.165) is 23.9 Å². The number of rotatable bonds is 5. The highest BCUT2D eigenvalue weighted by molar-refractivity contribution is 9.10. The standard InChI is InChI=1S/C21H16BrF3N4O4S/c22-11-3-16(14(4-26)27-6-11)34-21-20(32)18(19(31)15(8-30)33-21)29-7-10(5-28-29)9-1-12(23)17(25)13(24)2-9/h1-3,5-7,15,18-21,30-32H,8H2/t15-,18+,19+,20-,21-/m1/s1. The van der Waals surface area contributed by atoms with Crippen LogP contribution in [-0.4, -0.2) is 60.4 Å². The number of thioether (sulfide) groups is 1. The van der Waals surface area contributed by atoms with Gasteiger partial charge in [-0.15, -0.1) is 0 Å². The molecule has 34 heavy (non-hydrogen) atoms. The summed E-state index contributed by atoms with van der Waals surface area (Å²) in [5.41, 5.74) is -0.741. The van der Waals surface area contributed by atoms with Crippen molar-refractivity contribution in [3.8, 4) is 17.2 Å². The smallest absolute Gasteiger partial charge is 0.194 e. The van der Waals surface area contributed by atoms with Crippen molar-refractivity contribution in [3.05, 3.63) is 64.4 Å². The lowest BCUT2D eigenvalue weighted by molar-refractivity contribution is -0.178. The normalized spacial score (nSPS) is 24.7. The molecular formula is C21H16BrF3N4O4S. The van der Waals surface area contributed by atoms with Crippen LogP contribution < -0.4 is 0 Å². The van der Waals surface area contributed by atoms with E-state index >= 15 is 0 Å². The average molecular weight is 557 g/mol. The maximum atomic E-state index is 13.7. The van der Waals surface area contributed by atoms with E-state index in [2.05, 4.69) is 26.0 Å². The molecule has 0 unspecified atom stereocenters. The summed E-state index contributed by atoms with van der Waals surface area (Å²) in [4.78, 5) is 4.40. The van der Waals surface area contributed by atoms with Crippen LogP contribution in [0.15, 0.2) is 46.2 Å². The highest BCUT2D eigenvalue weighted by Crippen LogP contribution is 2.39. The summed E-state index contributed by atoms with van der Waals surface area (Å²) in [7, 11) is 0. The Kier molecular flexibility index (Phi) is 7.27. The Morgan fingerprint density at radius 1 is 1.12 bits per heavy atom. The van der Waals surface area contributed by atoms with Gasteiger partial charge >= 0.3 is 0 Å². The van der Waals surface area contributed by atoms with E-state index in [9.17, 15) is 33.8 Å². The number of nitrogens with zero attached hydrogens (tertiary/aromatic N) is 4. The number of aromatic nitrogens is 3. The van der Waals surface area contributed by atoms with Gasteiger partial charge in [0.15, 0.2) is 23.1 Å². The number of hydrogen-bond donors (Lipinski definition) is 3. The van der Waals surface area contributed by atoms with Crippen molar-refractivity contribution in [2.24, 2.45) is 0 Å². The molecule has 0 spiro atoms. The van der Waals surface area contributed by atoms with E-state index in [0.29, 0.717) is 9.37 Å². The highest BCUT2D eigenvalue weighted by Gasteiger charge is 2.46. The molecule has 0 bridgehead atoms. The molecule has 3 N–H and O–H groups in total. The maximum Gasteiger partial charge on any atom is 0.194 e. The maximum absolute atomic E-state index is 13.7. The summed E-state index contributed by atoms with van der Waals surface area (Å²) >= 11 is 4.24. The molecule has 2 aromatic heterocycles. The minimum absolute atomic E-state index is 0.00203. The van der Waals surface area contributed by atoms with Crippen LogP contribution in [0.3, 0.4) is 0 Å². The van der Waals surface area contributed by atoms with E-state index in [1.165, 1.54) is 23.3 Å². The van der Waals surface area contributed by atoms with Crippen LogP contribution in [0, 0.1) is 28.8 Å². The first kappa shape index (κ1) is 24.6. The first-order valence-corrected chi connectivity index (χ1v) is 11.4. The van der Waals surface area contributed by atoms with Gasteiger partial charge < -0.3 is 20.1 Å². The Bertz CT molecular complexity index is 1230. The van der Waals surface area contributed by atoms with Gasteiger partial charge in [-0.2, -0.15) is 10.4 Å². The molecular weight excluding hydrogens is 541 g/mol. The van der Waals surface area contributed by atoms with E-state index in [-0.39, 0.29) is 16.8 Å². The third kappa shape index (κ3) is 4.70. The predicted molar refractivity (Wildman–Crippen MR) is 117 cm³/mol. The molecule has 3 heterocycles. The zero-order chi connectivity index (χ0) is 24.6. The summed E-state index contributed by atoms with van der Waals surface area (Å²) in [6, 6.07) is 4.03. The molecule has 1 aromatic carbocycles. The highest BCUT2D eigenvalue weighted by atomic mass is 79.9. The molecule has 178 valence electrons. The molecule has 1 aliphatic rings. The molecule has 5 atom stereocenters. The minimum Gasteiger partial charge on any atom is -0.394 e. The Hall–Kier alpha value is -2.47. The van der Waals surface area contributed by atoms with Crippen LogP contribution >= 0.6 is 27.7 Å². The number of ether oxygens (including phenoxy) is 1. The van der Waals surface area contributed by atoms with Crippen molar-refractivity contribution >= 4 is 27.7 Å². The van der Waals surface area contributed by atoms with E-state index in [1.54, 1.807) is 6.07 Å². The van der Waals surface area contributed by atoms with Crippen molar-refractivity contribution in [3.63, 3.8) is 0 Å². The Morgan fingerprint density at radius 2 is 1.82 bits per heavy atom. The minimum atomic E-state index is -1.60. The number of aliphatic hydroxyl groups is 3.